The van der Waals surface area contributed by atoms with Gasteiger partial charge in [0.25, 0.3) is 0 Å². The summed E-state index contributed by atoms with van der Waals surface area (Å²) in [6.45, 7) is 1.03. The summed E-state index contributed by atoms with van der Waals surface area (Å²) >= 11 is 6.11. The van der Waals surface area contributed by atoms with Crippen molar-refractivity contribution in [2.75, 3.05) is 27.4 Å². The van der Waals surface area contributed by atoms with E-state index in [4.69, 9.17) is 25.8 Å². The van der Waals surface area contributed by atoms with Crippen molar-refractivity contribution in [2.24, 2.45) is 0 Å². The highest BCUT2D eigenvalue weighted by atomic mass is 35.5. The Morgan fingerprint density at radius 2 is 2.10 bits per heavy atom. The zero-order valence-electron chi connectivity index (χ0n) is 12.4. The normalized spacial score (nSPS) is 15.8. The first-order valence-electron chi connectivity index (χ1n) is 7.03. The van der Waals surface area contributed by atoms with Crippen molar-refractivity contribution in [3.63, 3.8) is 0 Å². The van der Waals surface area contributed by atoms with Crippen LogP contribution in [0.2, 0.25) is 5.02 Å². The van der Waals surface area contributed by atoms with Crippen molar-refractivity contribution >= 4 is 11.6 Å². The molecule has 0 radical (unpaired) electrons. The Morgan fingerprint density at radius 3 is 2.71 bits per heavy atom. The molecule has 1 fully saturated rings. The number of aliphatic hydroxyl groups is 1. The quantitative estimate of drug-likeness (QED) is 0.730. The lowest BCUT2D eigenvalue weighted by molar-refractivity contribution is 0.0316. The van der Waals surface area contributed by atoms with Crippen molar-refractivity contribution < 1.29 is 19.3 Å². The summed E-state index contributed by atoms with van der Waals surface area (Å²) in [4.78, 5) is 0. The van der Waals surface area contributed by atoms with Crippen molar-refractivity contribution in [1.82, 2.24) is 5.32 Å². The highest BCUT2D eigenvalue weighted by Crippen LogP contribution is 2.35. The van der Waals surface area contributed by atoms with E-state index in [0.29, 0.717) is 29.1 Å². The number of aliphatic hydroxyl groups excluding tert-OH is 1. The fraction of sp³-hybridized carbons (Fsp3) is 0.600. The fourth-order valence-electron chi connectivity index (χ4n) is 2.03. The smallest absolute Gasteiger partial charge is 0.165 e. The standard InChI is InChI=1S/C15H22ClNO4/c1-19-8-13(18)9-21-15-10(7-17-12-3-4-12)5-11(16)6-14(15)20-2/h5-6,12-13,17-18H,3-4,7-9H2,1-2H3. The van der Waals surface area contributed by atoms with E-state index in [1.54, 1.807) is 13.2 Å². The molecule has 5 nitrogen and oxygen atoms in total. The lowest BCUT2D eigenvalue weighted by Gasteiger charge is -2.18. The third-order valence-electron chi connectivity index (χ3n) is 3.25. The van der Waals surface area contributed by atoms with Gasteiger partial charge in [-0.25, -0.2) is 0 Å². The monoisotopic (exact) mass is 315 g/mol. The van der Waals surface area contributed by atoms with Gasteiger partial charge in [-0.3, -0.25) is 0 Å². The maximum Gasteiger partial charge on any atom is 0.165 e. The molecule has 1 aromatic carbocycles. The van der Waals surface area contributed by atoms with E-state index in [0.717, 1.165) is 5.56 Å². The van der Waals surface area contributed by atoms with Crippen LogP contribution in [0.25, 0.3) is 0 Å². The van der Waals surface area contributed by atoms with Crippen LogP contribution in [0.4, 0.5) is 0 Å². The van der Waals surface area contributed by atoms with Crippen LogP contribution in [0.5, 0.6) is 11.5 Å². The molecule has 21 heavy (non-hydrogen) atoms. The molecular weight excluding hydrogens is 294 g/mol. The molecule has 1 aliphatic carbocycles. The summed E-state index contributed by atoms with van der Waals surface area (Å²) in [5.74, 6) is 1.19. The van der Waals surface area contributed by atoms with Gasteiger partial charge in [-0.2, -0.15) is 0 Å². The molecule has 1 aliphatic rings. The van der Waals surface area contributed by atoms with Crippen LogP contribution >= 0.6 is 11.6 Å². The third kappa shape index (κ3) is 5.04. The largest absolute Gasteiger partial charge is 0.493 e. The average molecular weight is 316 g/mol. The van der Waals surface area contributed by atoms with E-state index in [1.807, 2.05) is 6.07 Å². The summed E-state index contributed by atoms with van der Waals surface area (Å²) in [6.07, 6.45) is 1.74. The van der Waals surface area contributed by atoms with E-state index in [-0.39, 0.29) is 13.2 Å². The zero-order valence-corrected chi connectivity index (χ0v) is 13.2. The number of benzene rings is 1. The average Bonchev–Trinajstić information content (AvgIpc) is 3.27. The molecule has 0 amide bonds. The minimum Gasteiger partial charge on any atom is -0.493 e. The highest BCUT2D eigenvalue weighted by molar-refractivity contribution is 6.30. The molecule has 2 rings (SSSR count). The Kier molecular flexibility index (Phi) is 6.11. The third-order valence-corrected chi connectivity index (χ3v) is 3.47. The van der Waals surface area contributed by atoms with Gasteiger partial charge >= 0.3 is 0 Å². The number of nitrogens with one attached hydrogen (secondary N) is 1. The molecule has 0 saturated heterocycles. The Balaban J connectivity index is 2.09. The van der Waals surface area contributed by atoms with Gasteiger partial charge in [-0.15, -0.1) is 0 Å². The van der Waals surface area contributed by atoms with Crippen LogP contribution in [0.1, 0.15) is 18.4 Å². The zero-order chi connectivity index (χ0) is 15.2. The minimum absolute atomic E-state index is 0.141. The second-order valence-electron chi connectivity index (χ2n) is 5.17. The number of hydrogen-bond donors (Lipinski definition) is 2. The van der Waals surface area contributed by atoms with Crippen LogP contribution < -0.4 is 14.8 Å². The van der Waals surface area contributed by atoms with Gasteiger partial charge in [0, 0.05) is 36.3 Å². The highest BCUT2D eigenvalue weighted by Gasteiger charge is 2.22. The van der Waals surface area contributed by atoms with Gasteiger partial charge in [0.2, 0.25) is 0 Å². The van der Waals surface area contributed by atoms with Gasteiger partial charge in [0.05, 0.1) is 13.7 Å². The number of methoxy groups -OCH3 is 2. The number of hydrogen-bond acceptors (Lipinski definition) is 5. The van der Waals surface area contributed by atoms with Gasteiger partial charge < -0.3 is 24.6 Å². The molecule has 1 saturated carbocycles. The molecule has 0 spiro atoms. The summed E-state index contributed by atoms with van der Waals surface area (Å²) in [5.41, 5.74) is 0.927. The molecule has 1 atom stereocenters. The lowest BCUT2D eigenvalue weighted by Crippen LogP contribution is -2.24. The maximum absolute atomic E-state index is 9.72. The van der Waals surface area contributed by atoms with E-state index >= 15 is 0 Å². The molecule has 1 unspecified atom stereocenters. The molecule has 118 valence electrons. The Hall–Kier alpha value is -1.01. The van der Waals surface area contributed by atoms with Crippen molar-refractivity contribution in [1.29, 1.82) is 0 Å². The van der Waals surface area contributed by atoms with Gasteiger partial charge in [-0.05, 0) is 18.9 Å². The van der Waals surface area contributed by atoms with E-state index in [2.05, 4.69) is 5.32 Å². The number of ether oxygens (including phenoxy) is 3. The molecule has 0 aliphatic heterocycles. The lowest BCUT2D eigenvalue weighted by atomic mass is 10.1. The Morgan fingerprint density at radius 1 is 1.33 bits per heavy atom. The van der Waals surface area contributed by atoms with Crippen LogP contribution in [-0.4, -0.2) is 44.7 Å². The summed E-state index contributed by atoms with van der Waals surface area (Å²) < 4.78 is 15.9. The SMILES string of the molecule is COCC(O)COc1c(CNC2CC2)cc(Cl)cc1OC. The molecule has 0 bridgehead atoms. The molecule has 1 aromatic rings. The topological polar surface area (TPSA) is 60.0 Å². The predicted octanol–water partition coefficient (Wildman–Crippen LogP) is 1.99. The second-order valence-corrected chi connectivity index (χ2v) is 5.61. The molecule has 0 heterocycles. The molecule has 6 heteroatoms. The van der Waals surface area contributed by atoms with Gasteiger partial charge in [-0.1, -0.05) is 11.6 Å². The van der Waals surface area contributed by atoms with E-state index in [1.165, 1.54) is 20.0 Å². The van der Waals surface area contributed by atoms with Gasteiger partial charge in [0.15, 0.2) is 11.5 Å². The van der Waals surface area contributed by atoms with Crippen LogP contribution in [0.3, 0.4) is 0 Å². The van der Waals surface area contributed by atoms with Gasteiger partial charge in [0.1, 0.15) is 12.7 Å². The maximum atomic E-state index is 9.72. The predicted molar refractivity (Wildman–Crippen MR) is 81.2 cm³/mol. The fourth-order valence-corrected chi connectivity index (χ4v) is 2.26. The summed E-state index contributed by atoms with van der Waals surface area (Å²) in [7, 11) is 3.11. The number of rotatable bonds is 9. The van der Waals surface area contributed by atoms with Crippen LogP contribution in [0, 0.1) is 0 Å². The van der Waals surface area contributed by atoms with Crippen molar-refractivity contribution in [2.45, 2.75) is 31.5 Å². The first-order chi connectivity index (χ1) is 10.1. The molecule has 2 N–H and O–H groups in total. The second kappa shape index (κ2) is 7.84. The van der Waals surface area contributed by atoms with E-state index in [9.17, 15) is 5.11 Å². The van der Waals surface area contributed by atoms with Crippen LogP contribution in [0.15, 0.2) is 12.1 Å². The van der Waals surface area contributed by atoms with Crippen molar-refractivity contribution in [3.8, 4) is 11.5 Å². The summed E-state index contributed by atoms with van der Waals surface area (Å²) in [5, 5.41) is 13.7. The first-order valence-corrected chi connectivity index (χ1v) is 7.41. The van der Waals surface area contributed by atoms with Crippen LogP contribution in [-0.2, 0) is 11.3 Å². The summed E-state index contributed by atoms with van der Waals surface area (Å²) in [6, 6.07) is 4.15. The molecular formula is C15H22ClNO4. The minimum atomic E-state index is -0.681. The first kappa shape index (κ1) is 16.4. The Bertz CT molecular complexity index is 465. The van der Waals surface area contributed by atoms with Crippen molar-refractivity contribution in [3.05, 3.63) is 22.7 Å². The molecule has 0 aromatic heterocycles. The van der Waals surface area contributed by atoms with E-state index < -0.39 is 6.10 Å². The Labute approximate surface area is 130 Å². The number of halogens is 1.